The van der Waals surface area contributed by atoms with Gasteiger partial charge in [0.15, 0.2) is 0 Å². The van der Waals surface area contributed by atoms with Crippen molar-refractivity contribution in [2.75, 3.05) is 5.32 Å². The molecular weight excluding hydrogens is 300 g/mol. The van der Waals surface area contributed by atoms with Gasteiger partial charge in [0.2, 0.25) is 5.82 Å². The molecule has 120 valence electrons. The standard InChI is InChI=1S/C14H16N6O3/c1-8-4-3-5-10(6-8)7-15-19-12(21)9(2)16-11-13(22)17-14(23)20-18-11/h3-7,9H,1-2H3,(H,16,18)(H,19,21)(H2,17,20,22,23)/b15-7+. The Bertz CT molecular complexity index is 839. The molecule has 9 heteroatoms. The highest BCUT2D eigenvalue weighted by molar-refractivity contribution is 5.86. The predicted octanol–water partition coefficient (Wildman–Crippen LogP) is -0.283. The first-order valence-electron chi connectivity index (χ1n) is 6.81. The molecule has 4 N–H and O–H groups in total. The molecule has 9 nitrogen and oxygen atoms in total. The van der Waals surface area contributed by atoms with Crippen LogP contribution in [0.5, 0.6) is 0 Å². The number of nitrogens with one attached hydrogen (secondary N) is 4. The van der Waals surface area contributed by atoms with Crippen molar-refractivity contribution in [1.29, 1.82) is 0 Å². The average Bonchev–Trinajstić information content (AvgIpc) is 2.50. The van der Waals surface area contributed by atoms with Crippen LogP contribution in [0.25, 0.3) is 0 Å². The van der Waals surface area contributed by atoms with Crippen LogP contribution in [0.2, 0.25) is 0 Å². The summed E-state index contributed by atoms with van der Waals surface area (Å²) in [7, 11) is 0. The van der Waals surface area contributed by atoms with Gasteiger partial charge in [0.1, 0.15) is 6.04 Å². The zero-order chi connectivity index (χ0) is 16.8. The summed E-state index contributed by atoms with van der Waals surface area (Å²) in [4.78, 5) is 36.2. The van der Waals surface area contributed by atoms with E-state index in [1.54, 1.807) is 0 Å². The van der Waals surface area contributed by atoms with Crippen LogP contribution in [-0.4, -0.2) is 33.3 Å². The number of hydrogen-bond donors (Lipinski definition) is 4. The molecule has 1 unspecified atom stereocenters. The summed E-state index contributed by atoms with van der Waals surface area (Å²) in [5.74, 6) is -0.615. The number of aromatic amines is 2. The molecule has 0 saturated carbocycles. The van der Waals surface area contributed by atoms with Gasteiger partial charge in [-0.25, -0.2) is 15.3 Å². The number of anilines is 1. The average molecular weight is 316 g/mol. The van der Waals surface area contributed by atoms with E-state index in [1.165, 1.54) is 13.1 Å². The molecule has 2 aromatic rings. The molecule has 0 fully saturated rings. The number of hydrazone groups is 1. The maximum Gasteiger partial charge on any atom is 0.342 e. The second kappa shape index (κ2) is 7.16. The van der Waals surface area contributed by atoms with Crippen LogP contribution >= 0.6 is 0 Å². The third-order valence-corrected chi connectivity index (χ3v) is 2.89. The van der Waals surface area contributed by atoms with Gasteiger partial charge in [-0.1, -0.05) is 29.8 Å². The van der Waals surface area contributed by atoms with Gasteiger partial charge in [-0.15, -0.1) is 5.10 Å². The predicted molar refractivity (Wildman–Crippen MR) is 85.5 cm³/mol. The molecule has 2 rings (SSSR count). The highest BCUT2D eigenvalue weighted by atomic mass is 16.2. The minimum atomic E-state index is -0.774. The molecule has 0 spiro atoms. The fourth-order valence-electron chi connectivity index (χ4n) is 1.73. The van der Waals surface area contributed by atoms with Crippen molar-refractivity contribution < 1.29 is 4.79 Å². The van der Waals surface area contributed by atoms with Crippen LogP contribution in [-0.2, 0) is 4.79 Å². The molecule has 1 atom stereocenters. The summed E-state index contributed by atoms with van der Waals surface area (Å²) >= 11 is 0. The van der Waals surface area contributed by atoms with Crippen molar-refractivity contribution in [2.45, 2.75) is 19.9 Å². The van der Waals surface area contributed by atoms with Crippen LogP contribution in [0.15, 0.2) is 39.0 Å². The SMILES string of the molecule is Cc1cccc(/C=N/NC(=O)C(C)Nc2n[nH]c(=O)[nH]c2=O)c1. The van der Waals surface area contributed by atoms with Crippen LogP contribution in [0.4, 0.5) is 5.82 Å². The van der Waals surface area contributed by atoms with E-state index in [0.717, 1.165) is 11.1 Å². The van der Waals surface area contributed by atoms with E-state index in [-0.39, 0.29) is 5.82 Å². The Labute approximate surface area is 130 Å². The molecule has 1 heterocycles. The first-order valence-corrected chi connectivity index (χ1v) is 6.81. The number of rotatable bonds is 5. The molecule has 1 amide bonds. The molecule has 1 aromatic heterocycles. The largest absolute Gasteiger partial charge is 0.353 e. The second-order valence-electron chi connectivity index (χ2n) is 4.87. The Morgan fingerprint density at radius 2 is 2.17 bits per heavy atom. The quantitative estimate of drug-likeness (QED) is 0.445. The highest BCUT2D eigenvalue weighted by Gasteiger charge is 2.14. The molecule has 0 bridgehead atoms. The molecule has 23 heavy (non-hydrogen) atoms. The van der Waals surface area contributed by atoms with Gasteiger partial charge >= 0.3 is 5.69 Å². The maximum absolute atomic E-state index is 11.9. The van der Waals surface area contributed by atoms with Crippen molar-refractivity contribution >= 4 is 17.9 Å². The highest BCUT2D eigenvalue weighted by Crippen LogP contribution is 2.00. The lowest BCUT2D eigenvalue weighted by Crippen LogP contribution is -2.38. The monoisotopic (exact) mass is 316 g/mol. The van der Waals surface area contributed by atoms with Gasteiger partial charge in [0, 0.05) is 0 Å². The van der Waals surface area contributed by atoms with Crippen molar-refractivity contribution in [2.24, 2.45) is 5.10 Å². The summed E-state index contributed by atoms with van der Waals surface area (Å²) < 4.78 is 0. The minimum Gasteiger partial charge on any atom is -0.353 e. The first-order chi connectivity index (χ1) is 11.0. The number of amides is 1. The number of aryl methyl sites for hydroxylation is 1. The molecule has 1 aromatic carbocycles. The molecule has 0 aliphatic carbocycles. The Balaban J connectivity index is 1.95. The van der Waals surface area contributed by atoms with E-state index in [2.05, 4.69) is 26.0 Å². The van der Waals surface area contributed by atoms with Crippen LogP contribution in [0.1, 0.15) is 18.1 Å². The van der Waals surface area contributed by atoms with Crippen molar-refractivity contribution in [3.05, 3.63) is 56.2 Å². The van der Waals surface area contributed by atoms with E-state index >= 15 is 0 Å². The number of hydrogen-bond acceptors (Lipinski definition) is 6. The smallest absolute Gasteiger partial charge is 0.342 e. The summed E-state index contributed by atoms with van der Waals surface area (Å²) in [6, 6.07) is 6.84. The van der Waals surface area contributed by atoms with Crippen molar-refractivity contribution in [3.8, 4) is 0 Å². The lowest BCUT2D eigenvalue weighted by molar-refractivity contribution is -0.121. The number of nitrogens with zero attached hydrogens (tertiary/aromatic N) is 2. The zero-order valence-electron chi connectivity index (χ0n) is 12.6. The number of carbonyl (C=O) groups excluding carboxylic acids is 1. The van der Waals surface area contributed by atoms with E-state index in [1.807, 2.05) is 36.2 Å². The van der Waals surface area contributed by atoms with Gasteiger partial charge in [0.05, 0.1) is 6.21 Å². The first kappa shape index (κ1) is 16.1. The molecule has 0 saturated heterocycles. The maximum atomic E-state index is 11.9. The summed E-state index contributed by atoms with van der Waals surface area (Å²) in [5, 5.41) is 12.0. The van der Waals surface area contributed by atoms with E-state index in [9.17, 15) is 14.4 Å². The number of carbonyl (C=O) groups is 1. The number of aromatic nitrogens is 3. The summed E-state index contributed by atoms with van der Waals surface area (Å²) in [6.07, 6.45) is 1.52. The Kier molecular flexibility index (Phi) is 5.03. The lowest BCUT2D eigenvalue weighted by atomic mass is 10.2. The summed E-state index contributed by atoms with van der Waals surface area (Å²) in [6.45, 7) is 3.49. The van der Waals surface area contributed by atoms with Gasteiger partial charge in [-0.05, 0) is 19.4 Å². The third-order valence-electron chi connectivity index (χ3n) is 2.89. The molecule has 0 aliphatic heterocycles. The van der Waals surface area contributed by atoms with Crippen LogP contribution < -0.4 is 22.0 Å². The van der Waals surface area contributed by atoms with Gasteiger partial charge < -0.3 is 5.32 Å². The third kappa shape index (κ3) is 4.63. The van der Waals surface area contributed by atoms with Gasteiger partial charge in [-0.3, -0.25) is 14.6 Å². The Morgan fingerprint density at radius 1 is 1.39 bits per heavy atom. The Morgan fingerprint density at radius 3 is 2.87 bits per heavy atom. The molecular formula is C14H16N6O3. The topological polar surface area (TPSA) is 132 Å². The van der Waals surface area contributed by atoms with Crippen molar-refractivity contribution in [3.63, 3.8) is 0 Å². The minimum absolute atomic E-state index is 0.157. The molecule has 0 aliphatic rings. The van der Waals surface area contributed by atoms with E-state index in [0.29, 0.717) is 0 Å². The van der Waals surface area contributed by atoms with Crippen molar-refractivity contribution in [1.82, 2.24) is 20.6 Å². The number of benzene rings is 1. The van der Waals surface area contributed by atoms with Crippen LogP contribution in [0, 0.1) is 6.92 Å². The number of H-pyrrole nitrogens is 2. The Hall–Kier alpha value is -3.23. The zero-order valence-corrected chi connectivity index (χ0v) is 12.6. The summed E-state index contributed by atoms with van der Waals surface area (Å²) in [5.41, 5.74) is 2.86. The molecule has 0 radical (unpaired) electrons. The van der Waals surface area contributed by atoms with Gasteiger partial charge in [-0.2, -0.15) is 5.10 Å². The van der Waals surface area contributed by atoms with E-state index in [4.69, 9.17) is 0 Å². The van der Waals surface area contributed by atoms with E-state index < -0.39 is 23.2 Å². The normalized spacial score (nSPS) is 12.1. The second-order valence-corrected chi connectivity index (χ2v) is 4.87. The van der Waals surface area contributed by atoms with Crippen LogP contribution in [0.3, 0.4) is 0 Å². The lowest BCUT2D eigenvalue weighted by Gasteiger charge is -2.11. The fourth-order valence-corrected chi connectivity index (χ4v) is 1.73. The van der Waals surface area contributed by atoms with Gasteiger partial charge in [0.25, 0.3) is 11.5 Å². The fraction of sp³-hybridized carbons (Fsp3) is 0.214.